The predicted octanol–water partition coefficient (Wildman–Crippen LogP) is 3.32. The Morgan fingerprint density at radius 1 is 1.36 bits per heavy atom. The zero-order valence-corrected chi connectivity index (χ0v) is 10.6. The van der Waals surface area contributed by atoms with E-state index >= 15 is 0 Å². The molecule has 0 N–H and O–H groups in total. The Bertz CT molecular complexity index is 274. The highest BCUT2D eigenvalue weighted by Crippen LogP contribution is 2.70. The largest absolute Gasteiger partial charge is 0.334 e. The number of fused-ring (bicyclic) bond motifs is 2. The smallest absolute Gasteiger partial charge is 0.194 e. The summed E-state index contributed by atoms with van der Waals surface area (Å²) >= 11 is 0. The minimum Gasteiger partial charge on any atom is -0.334 e. The second kappa shape index (κ2) is 3.09. The van der Waals surface area contributed by atoms with Crippen LogP contribution >= 0.6 is 8.03 Å². The first-order chi connectivity index (χ1) is 6.43. The molecule has 0 aromatic rings. The van der Waals surface area contributed by atoms with Crippen molar-refractivity contribution in [3.63, 3.8) is 0 Å². The summed E-state index contributed by atoms with van der Waals surface area (Å²) < 4.78 is 17.0. The summed E-state index contributed by atoms with van der Waals surface area (Å²) in [5.74, 6) is 0.765. The van der Waals surface area contributed by atoms with Gasteiger partial charge in [0.05, 0.1) is 0 Å². The Balaban J connectivity index is 2.31. The lowest BCUT2D eigenvalue weighted by Crippen LogP contribution is -2.33. The lowest BCUT2D eigenvalue weighted by atomic mass is 9.71. The lowest BCUT2D eigenvalue weighted by Gasteiger charge is -2.38. The van der Waals surface area contributed by atoms with Gasteiger partial charge in [-0.05, 0) is 36.0 Å². The van der Waals surface area contributed by atoms with Gasteiger partial charge >= 0.3 is 0 Å². The fourth-order valence-corrected chi connectivity index (χ4v) is 5.50. The maximum atomic E-state index is 11.9. The first-order valence-corrected chi connectivity index (χ1v) is 6.90. The van der Waals surface area contributed by atoms with Crippen LogP contribution in [0.25, 0.3) is 0 Å². The van der Waals surface area contributed by atoms with Gasteiger partial charge in [-0.3, -0.25) is 4.57 Å². The van der Waals surface area contributed by atoms with Crippen LogP contribution in [0.15, 0.2) is 0 Å². The summed E-state index contributed by atoms with van der Waals surface area (Å²) in [5.41, 5.74) is 0.937. The molecule has 2 bridgehead atoms. The topological polar surface area (TPSA) is 26.3 Å². The Morgan fingerprint density at radius 2 is 2.00 bits per heavy atom. The minimum atomic E-state index is -1.81. The third-order valence-electron chi connectivity index (χ3n) is 5.28. The molecule has 0 amide bonds. The van der Waals surface area contributed by atoms with Gasteiger partial charge in [0, 0.05) is 12.8 Å². The van der Waals surface area contributed by atoms with Gasteiger partial charge in [0.15, 0.2) is 8.03 Å². The first-order valence-electron chi connectivity index (χ1n) is 5.51. The van der Waals surface area contributed by atoms with Crippen molar-refractivity contribution in [3.05, 3.63) is 0 Å². The molecule has 2 aliphatic carbocycles. The van der Waals surface area contributed by atoms with Gasteiger partial charge in [-0.2, -0.15) is 0 Å². The minimum absolute atomic E-state index is 0.254. The standard InChI is InChI=1S/C11H21O2P/c1-10(2)8-5-6-11(10,3)9(7-8)14(12)13-4/h8-9,14H,5-7H2,1-4H3. The fraction of sp³-hybridized carbons (Fsp3) is 1.00. The summed E-state index contributed by atoms with van der Waals surface area (Å²) in [4.78, 5) is 0. The van der Waals surface area contributed by atoms with E-state index < -0.39 is 8.03 Å². The third kappa shape index (κ3) is 1.10. The zero-order valence-electron chi connectivity index (χ0n) is 9.59. The van der Waals surface area contributed by atoms with Crippen molar-refractivity contribution in [1.82, 2.24) is 0 Å². The van der Waals surface area contributed by atoms with Gasteiger partial charge in [0.25, 0.3) is 0 Å². The molecule has 0 aromatic carbocycles. The molecule has 0 heterocycles. The zero-order chi connectivity index (χ0) is 10.6. The first kappa shape index (κ1) is 10.7. The van der Waals surface area contributed by atoms with E-state index in [1.165, 1.54) is 12.8 Å². The summed E-state index contributed by atoms with van der Waals surface area (Å²) in [6.07, 6.45) is 3.67. The molecule has 2 rings (SSSR count). The Labute approximate surface area is 87.3 Å². The summed E-state index contributed by atoms with van der Waals surface area (Å²) in [7, 11) is -0.228. The van der Waals surface area contributed by atoms with Crippen LogP contribution in [0, 0.1) is 16.7 Å². The van der Waals surface area contributed by atoms with Crippen LogP contribution in [0.2, 0.25) is 0 Å². The Hall–Kier alpha value is 0.190. The maximum Gasteiger partial charge on any atom is 0.194 e. The average Bonchev–Trinajstić information content (AvgIpc) is 2.47. The molecule has 0 saturated heterocycles. The molecule has 2 nitrogen and oxygen atoms in total. The molecule has 2 aliphatic rings. The SMILES string of the molecule is CO[PH](=O)C1CC2CCC1(C)C2(C)C. The number of hydrogen-bond donors (Lipinski definition) is 0. The van der Waals surface area contributed by atoms with Crippen LogP contribution in [0.1, 0.15) is 40.0 Å². The van der Waals surface area contributed by atoms with Crippen molar-refractivity contribution < 1.29 is 9.09 Å². The van der Waals surface area contributed by atoms with Crippen LogP contribution in [-0.2, 0) is 9.09 Å². The van der Waals surface area contributed by atoms with E-state index in [2.05, 4.69) is 20.8 Å². The summed E-state index contributed by atoms with van der Waals surface area (Å²) in [5, 5.41) is 0. The molecule has 14 heavy (non-hydrogen) atoms. The average molecular weight is 216 g/mol. The molecule has 4 atom stereocenters. The monoisotopic (exact) mass is 216 g/mol. The second-order valence-electron chi connectivity index (χ2n) is 5.69. The highest BCUT2D eigenvalue weighted by atomic mass is 31.1. The van der Waals surface area contributed by atoms with Crippen molar-refractivity contribution in [1.29, 1.82) is 0 Å². The van der Waals surface area contributed by atoms with E-state index in [1.54, 1.807) is 7.11 Å². The fourth-order valence-electron chi connectivity index (χ4n) is 3.70. The van der Waals surface area contributed by atoms with Gasteiger partial charge in [0.1, 0.15) is 0 Å². The summed E-state index contributed by atoms with van der Waals surface area (Å²) in [6, 6.07) is 0. The number of hydrogen-bond acceptors (Lipinski definition) is 2. The highest BCUT2D eigenvalue weighted by Gasteiger charge is 2.62. The molecule has 0 radical (unpaired) electrons. The van der Waals surface area contributed by atoms with Gasteiger partial charge in [-0.1, -0.05) is 20.8 Å². The van der Waals surface area contributed by atoms with Crippen LogP contribution < -0.4 is 0 Å². The van der Waals surface area contributed by atoms with E-state index in [9.17, 15) is 4.57 Å². The molecule has 0 aliphatic heterocycles. The lowest BCUT2D eigenvalue weighted by molar-refractivity contribution is 0.151. The van der Waals surface area contributed by atoms with Crippen molar-refractivity contribution in [2.45, 2.75) is 45.7 Å². The van der Waals surface area contributed by atoms with Crippen LogP contribution in [-0.4, -0.2) is 12.8 Å². The van der Waals surface area contributed by atoms with E-state index in [4.69, 9.17) is 4.52 Å². The predicted molar refractivity (Wildman–Crippen MR) is 59.0 cm³/mol. The maximum absolute atomic E-state index is 11.9. The summed E-state index contributed by atoms with van der Waals surface area (Å²) in [6.45, 7) is 7.00. The molecule has 2 saturated carbocycles. The van der Waals surface area contributed by atoms with Gasteiger partial charge in [0.2, 0.25) is 0 Å². The van der Waals surface area contributed by atoms with Crippen molar-refractivity contribution in [2.75, 3.05) is 7.11 Å². The normalized spacial score (nSPS) is 46.9. The van der Waals surface area contributed by atoms with Crippen LogP contribution in [0.3, 0.4) is 0 Å². The molecule has 82 valence electrons. The van der Waals surface area contributed by atoms with Crippen LogP contribution in [0.5, 0.6) is 0 Å². The van der Waals surface area contributed by atoms with Crippen molar-refractivity contribution >= 4 is 8.03 Å². The highest BCUT2D eigenvalue weighted by molar-refractivity contribution is 7.40. The second-order valence-corrected chi connectivity index (χ2v) is 7.43. The molecule has 4 unspecified atom stereocenters. The van der Waals surface area contributed by atoms with Gasteiger partial charge in [-0.25, -0.2) is 0 Å². The molecule has 0 spiro atoms. The van der Waals surface area contributed by atoms with E-state index in [1.807, 2.05) is 0 Å². The molecule has 0 aromatic heterocycles. The Morgan fingerprint density at radius 3 is 2.36 bits per heavy atom. The Kier molecular flexibility index (Phi) is 2.36. The van der Waals surface area contributed by atoms with E-state index in [-0.39, 0.29) is 5.41 Å². The molecule has 2 fully saturated rings. The molecule has 3 heteroatoms. The molecular weight excluding hydrogens is 195 g/mol. The van der Waals surface area contributed by atoms with E-state index in [0.29, 0.717) is 11.1 Å². The number of rotatable bonds is 2. The molecular formula is C11H21O2P. The van der Waals surface area contributed by atoms with Gasteiger partial charge in [-0.15, -0.1) is 0 Å². The third-order valence-corrected chi connectivity index (χ3v) is 7.12. The quantitative estimate of drug-likeness (QED) is 0.662. The van der Waals surface area contributed by atoms with E-state index in [0.717, 1.165) is 12.3 Å². The van der Waals surface area contributed by atoms with Crippen molar-refractivity contribution in [3.8, 4) is 0 Å². The van der Waals surface area contributed by atoms with Crippen LogP contribution in [0.4, 0.5) is 0 Å². The van der Waals surface area contributed by atoms with Gasteiger partial charge < -0.3 is 4.52 Å². The van der Waals surface area contributed by atoms with Crippen molar-refractivity contribution in [2.24, 2.45) is 16.7 Å².